The summed E-state index contributed by atoms with van der Waals surface area (Å²) in [4.78, 5) is 25.5. The number of halogens is 3. The zero-order valence-corrected chi connectivity index (χ0v) is 25.9. The molecule has 7 rings (SSSR count). The number of nitrogens with one attached hydrogen (secondary N) is 1. The second-order valence-electron chi connectivity index (χ2n) is 11.6. The molecular weight excluding hydrogens is 645 g/mol. The Labute approximate surface area is 278 Å². The van der Waals surface area contributed by atoms with Crippen molar-refractivity contribution in [3.63, 3.8) is 0 Å². The van der Waals surface area contributed by atoms with Crippen molar-refractivity contribution in [2.45, 2.75) is 49.7 Å². The molecule has 2 aliphatic heterocycles. The van der Waals surface area contributed by atoms with Gasteiger partial charge in [0.2, 0.25) is 5.95 Å². The van der Waals surface area contributed by atoms with Crippen LogP contribution < -0.4 is 10.2 Å². The number of rotatable bonds is 8. The Morgan fingerprint density at radius 1 is 0.898 bits per heavy atom. The summed E-state index contributed by atoms with van der Waals surface area (Å²) < 4.78 is 39.2. The number of imidazole rings is 1. The number of aliphatic hydroxyl groups is 3. The Morgan fingerprint density at radius 3 is 1.96 bits per heavy atom. The fourth-order valence-electron chi connectivity index (χ4n) is 5.94. The van der Waals surface area contributed by atoms with E-state index >= 15 is 0 Å². The molecule has 1 saturated heterocycles. The van der Waals surface area contributed by atoms with Gasteiger partial charge in [-0.05, 0) is 22.3 Å². The number of aliphatic hydroxyl groups excluding tert-OH is 3. The molecule has 2 aliphatic rings. The molecule has 0 aliphatic carbocycles. The third-order valence-electron chi connectivity index (χ3n) is 8.44. The summed E-state index contributed by atoms with van der Waals surface area (Å²) in [6.07, 6.45) is -7.91. The highest BCUT2D eigenvalue weighted by molar-refractivity contribution is 5.84. The molecule has 15 heteroatoms. The van der Waals surface area contributed by atoms with Crippen molar-refractivity contribution in [2.24, 2.45) is 0 Å². The van der Waals surface area contributed by atoms with E-state index in [-0.39, 0.29) is 5.92 Å². The number of carboxylic acid groups (broad SMARTS) is 1. The number of hydrogen-bond donors (Lipinski definition) is 5. The fraction of sp³-hybridized carbons (Fsp3) is 0.294. The summed E-state index contributed by atoms with van der Waals surface area (Å²) in [6.45, 7) is 1.47. The minimum absolute atomic E-state index is 0.0550. The molecule has 4 heterocycles. The van der Waals surface area contributed by atoms with Gasteiger partial charge in [-0.2, -0.15) is 23.1 Å². The van der Waals surface area contributed by atoms with Gasteiger partial charge in [-0.3, -0.25) is 4.57 Å². The van der Waals surface area contributed by atoms with Gasteiger partial charge in [0.05, 0.1) is 12.9 Å². The molecule has 5 aromatic rings. The van der Waals surface area contributed by atoms with Crippen LogP contribution in [0.1, 0.15) is 34.4 Å². The SMILES string of the molecule is O=C(O)C(F)(F)F.OC[C@H]1O[C@@H](n2cnc3c(NCC(c4ccccc4)c4ccccc4)nc(N4Cc5ccccc5C4)nc32)[C@H](O)[C@@H]1O. The summed E-state index contributed by atoms with van der Waals surface area (Å²) in [5.41, 5.74) is 5.78. The van der Waals surface area contributed by atoms with E-state index in [4.69, 9.17) is 24.6 Å². The number of aliphatic carboxylic acids is 1. The van der Waals surface area contributed by atoms with Crippen LogP contribution in [0.15, 0.2) is 91.3 Å². The normalized spacial score (nSPS) is 20.3. The number of benzene rings is 3. The number of carboxylic acids is 1. The summed E-state index contributed by atoms with van der Waals surface area (Å²) in [5, 5.41) is 41.5. The zero-order chi connectivity index (χ0) is 34.7. The van der Waals surface area contributed by atoms with E-state index in [2.05, 4.69) is 51.6 Å². The second-order valence-corrected chi connectivity index (χ2v) is 11.6. The molecule has 4 atom stereocenters. The molecule has 2 aromatic heterocycles. The summed E-state index contributed by atoms with van der Waals surface area (Å²) in [5.74, 6) is -1.62. The largest absolute Gasteiger partial charge is 0.490 e. The van der Waals surface area contributed by atoms with Crippen LogP contribution in [0.4, 0.5) is 24.9 Å². The van der Waals surface area contributed by atoms with Crippen LogP contribution in [0.25, 0.3) is 11.2 Å². The van der Waals surface area contributed by atoms with Gasteiger partial charge < -0.3 is 35.4 Å². The highest BCUT2D eigenvalue weighted by Crippen LogP contribution is 2.35. The molecule has 12 nitrogen and oxygen atoms in total. The minimum atomic E-state index is -5.08. The monoisotopic (exact) mass is 678 g/mol. The van der Waals surface area contributed by atoms with Gasteiger partial charge in [0.25, 0.3) is 0 Å². The third-order valence-corrected chi connectivity index (χ3v) is 8.44. The molecule has 3 aromatic carbocycles. The molecule has 5 N–H and O–H groups in total. The number of ether oxygens (including phenoxy) is 1. The van der Waals surface area contributed by atoms with Crippen LogP contribution in [0.5, 0.6) is 0 Å². The summed E-state index contributed by atoms with van der Waals surface area (Å²) in [6, 6.07) is 29.0. The van der Waals surface area contributed by atoms with Gasteiger partial charge in [0.1, 0.15) is 18.3 Å². The van der Waals surface area contributed by atoms with E-state index in [0.717, 1.165) is 0 Å². The van der Waals surface area contributed by atoms with Crippen LogP contribution >= 0.6 is 0 Å². The van der Waals surface area contributed by atoms with Crippen molar-refractivity contribution in [2.75, 3.05) is 23.4 Å². The van der Waals surface area contributed by atoms with Gasteiger partial charge in [-0.1, -0.05) is 84.9 Å². The molecule has 0 radical (unpaired) electrons. The molecule has 0 spiro atoms. The molecule has 0 amide bonds. The zero-order valence-electron chi connectivity index (χ0n) is 25.9. The predicted molar refractivity (Wildman–Crippen MR) is 172 cm³/mol. The van der Waals surface area contributed by atoms with Crippen LogP contribution in [-0.2, 0) is 22.6 Å². The van der Waals surface area contributed by atoms with Crippen LogP contribution in [0.3, 0.4) is 0 Å². The molecule has 0 bridgehead atoms. The van der Waals surface area contributed by atoms with Gasteiger partial charge in [-0.25, -0.2) is 9.78 Å². The Hall–Kier alpha value is -5.09. The van der Waals surface area contributed by atoms with E-state index in [1.165, 1.54) is 22.3 Å². The lowest BCUT2D eigenvalue weighted by Crippen LogP contribution is -2.33. The molecular formula is C34H33F3N6O6. The fourth-order valence-corrected chi connectivity index (χ4v) is 5.94. The van der Waals surface area contributed by atoms with E-state index in [1.807, 2.05) is 48.5 Å². The van der Waals surface area contributed by atoms with Crippen molar-refractivity contribution >= 4 is 28.9 Å². The van der Waals surface area contributed by atoms with Gasteiger partial charge in [0, 0.05) is 25.6 Å². The topological polar surface area (TPSA) is 166 Å². The van der Waals surface area contributed by atoms with E-state index in [9.17, 15) is 28.5 Å². The lowest BCUT2D eigenvalue weighted by atomic mass is 9.91. The van der Waals surface area contributed by atoms with Crippen LogP contribution in [0, 0.1) is 0 Å². The Bertz CT molecular complexity index is 1830. The first kappa shape index (κ1) is 33.8. The van der Waals surface area contributed by atoms with Crippen molar-refractivity contribution in [3.8, 4) is 0 Å². The summed E-state index contributed by atoms with van der Waals surface area (Å²) in [7, 11) is 0. The van der Waals surface area contributed by atoms with Gasteiger partial charge >= 0.3 is 12.1 Å². The minimum Gasteiger partial charge on any atom is -0.475 e. The first-order valence-corrected chi connectivity index (χ1v) is 15.4. The van der Waals surface area contributed by atoms with Crippen molar-refractivity contribution in [1.29, 1.82) is 0 Å². The summed E-state index contributed by atoms with van der Waals surface area (Å²) >= 11 is 0. The second kappa shape index (κ2) is 14.2. The lowest BCUT2D eigenvalue weighted by Gasteiger charge is -2.21. The highest BCUT2D eigenvalue weighted by atomic mass is 19.4. The maximum Gasteiger partial charge on any atom is 0.490 e. The molecule has 256 valence electrons. The van der Waals surface area contributed by atoms with Crippen LogP contribution in [-0.4, -0.2) is 83.6 Å². The Morgan fingerprint density at radius 2 is 1.45 bits per heavy atom. The number of hydrogen-bond acceptors (Lipinski definition) is 10. The molecule has 49 heavy (non-hydrogen) atoms. The number of aromatic nitrogens is 4. The smallest absolute Gasteiger partial charge is 0.475 e. The standard InChI is InChI=1S/C32H32N6O4.C2HF3O2/c39-18-25-27(40)28(41)31(42-25)38-19-34-26-29(33-15-24(20-9-3-1-4-10-20)21-11-5-2-6-12-21)35-32(36-30(26)38)37-16-22-13-7-8-14-23(22)17-37;3-2(4,5)1(6)7/h1-14,19,24-25,27-28,31,39-41H,15-18H2,(H,33,35,36);(H,6,7)/t25-,27-,28-,31-;/m1./s1. The first-order chi connectivity index (χ1) is 23.5. The first-order valence-electron chi connectivity index (χ1n) is 15.4. The Balaban J connectivity index is 0.000000540. The van der Waals surface area contributed by atoms with Crippen molar-refractivity contribution in [1.82, 2.24) is 19.5 Å². The molecule has 0 saturated carbocycles. The molecule has 1 fully saturated rings. The predicted octanol–water partition coefficient (Wildman–Crippen LogP) is 3.84. The number of anilines is 2. The number of alkyl halides is 3. The van der Waals surface area contributed by atoms with Gasteiger partial charge in [0.15, 0.2) is 23.2 Å². The third kappa shape index (κ3) is 7.19. The van der Waals surface area contributed by atoms with Crippen molar-refractivity contribution < 1.29 is 43.1 Å². The average molecular weight is 679 g/mol. The highest BCUT2D eigenvalue weighted by Gasteiger charge is 2.44. The maximum absolute atomic E-state index is 10.8. The van der Waals surface area contributed by atoms with Crippen LogP contribution in [0.2, 0.25) is 0 Å². The molecule has 0 unspecified atom stereocenters. The number of nitrogens with zero attached hydrogens (tertiary/aromatic N) is 5. The van der Waals surface area contributed by atoms with Crippen molar-refractivity contribution in [3.05, 3.63) is 114 Å². The van der Waals surface area contributed by atoms with E-state index in [1.54, 1.807) is 10.9 Å². The van der Waals surface area contributed by atoms with Gasteiger partial charge in [-0.15, -0.1) is 0 Å². The van der Waals surface area contributed by atoms with E-state index in [0.29, 0.717) is 42.6 Å². The van der Waals surface area contributed by atoms with E-state index < -0.39 is 43.3 Å². The number of fused-ring (bicyclic) bond motifs is 2. The quantitative estimate of drug-likeness (QED) is 0.162. The Kier molecular flexibility index (Phi) is 9.78. The number of carbonyl (C=O) groups is 1. The maximum atomic E-state index is 10.8. The average Bonchev–Trinajstić information content (AvgIpc) is 3.81. The lowest BCUT2D eigenvalue weighted by molar-refractivity contribution is -0.192.